The van der Waals surface area contributed by atoms with Gasteiger partial charge in [-0.3, -0.25) is 10.1 Å². The number of benzene rings is 3. The summed E-state index contributed by atoms with van der Waals surface area (Å²) in [6.07, 6.45) is 5.47. The van der Waals surface area contributed by atoms with E-state index in [0.717, 1.165) is 91.0 Å². The first-order valence-electron chi connectivity index (χ1n) is 16.7. The molecule has 5 aromatic rings. The number of thiazole rings is 2. The van der Waals surface area contributed by atoms with Crippen molar-refractivity contribution in [1.29, 1.82) is 0 Å². The van der Waals surface area contributed by atoms with E-state index < -0.39 is 5.97 Å². The Hall–Kier alpha value is -4.32. The Labute approximate surface area is 288 Å². The van der Waals surface area contributed by atoms with Gasteiger partial charge in [-0.1, -0.05) is 54.2 Å². The van der Waals surface area contributed by atoms with Gasteiger partial charge in [0.2, 0.25) is 0 Å². The first kappa shape index (κ1) is 32.2. The minimum Gasteiger partial charge on any atom is -0.476 e. The van der Waals surface area contributed by atoms with Gasteiger partial charge in [0, 0.05) is 55.4 Å². The van der Waals surface area contributed by atoms with E-state index >= 15 is 0 Å². The molecule has 1 saturated heterocycles. The molecule has 0 bridgehead atoms. The average Bonchev–Trinajstić information content (AvgIpc) is 3.72. The van der Waals surface area contributed by atoms with Gasteiger partial charge in [0.1, 0.15) is 0 Å². The second kappa shape index (κ2) is 14.4. The summed E-state index contributed by atoms with van der Waals surface area (Å²) in [5.41, 5.74) is 6.38. The summed E-state index contributed by atoms with van der Waals surface area (Å²) in [5.74, 6) is -1.17. The molecule has 7 rings (SSSR count). The van der Waals surface area contributed by atoms with Crippen LogP contribution in [-0.2, 0) is 25.8 Å². The van der Waals surface area contributed by atoms with Crippen LogP contribution in [0.3, 0.4) is 0 Å². The van der Waals surface area contributed by atoms with Gasteiger partial charge in [-0.25, -0.2) is 14.8 Å². The number of likely N-dealkylation sites (N-methyl/N-ethyl adjacent to an activating group) is 1. The van der Waals surface area contributed by atoms with Crippen LogP contribution < -0.4 is 15.1 Å². The zero-order valence-electron chi connectivity index (χ0n) is 27.2. The quantitative estimate of drug-likeness (QED) is 0.144. The normalized spacial score (nSPS) is 15.1. The standard InChI is InChI=1S/C37H40N6O3S2/c1-41-19-21-42(22-20-41)27-12-7-10-25(23-27)9-3-2-4-16-32-33(35(45)46)39-37(48-32)43-18-17-26-11-8-13-28(29(26)24-43)34(44)40-36-38-30-14-5-6-15-31(30)47-36/h5-8,10-15,23H,2-4,9,16-22,24H2,1H3,(H,45,46)(H,38,40,44). The highest BCUT2D eigenvalue weighted by Gasteiger charge is 2.27. The van der Waals surface area contributed by atoms with Crippen molar-refractivity contribution in [1.82, 2.24) is 14.9 Å². The molecule has 0 unspecified atom stereocenters. The van der Waals surface area contributed by atoms with Crippen LogP contribution in [0, 0.1) is 0 Å². The summed E-state index contributed by atoms with van der Waals surface area (Å²) in [6, 6.07) is 22.6. The van der Waals surface area contributed by atoms with Crippen LogP contribution >= 0.6 is 22.7 Å². The fourth-order valence-corrected chi connectivity index (χ4v) is 8.60. The van der Waals surface area contributed by atoms with Crippen molar-refractivity contribution in [3.8, 4) is 0 Å². The third kappa shape index (κ3) is 7.23. The Morgan fingerprint density at radius 3 is 2.50 bits per heavy atom. The maximum absolute atomic E-state index is 13.5. The maximum Gasteiger partial charge on any atom is 0.355 e. The lowest BCUT2D eigenvalue weighted by atomic mass is 9.94. The number of hydrogen-bond acceptors (Lipinski definition) is 9. The minimum absolute atomic E-state index is 0.155. The largest absolute Gasteiger partial charge is 0.476 e. The Bertz CT molecular complexity index is 1900. The van der Waals surface area contributed by atoms with Gasteiger partial charge in [0.25, 0.3) is 5.91 Å². The van der Waals surface area contributed by atoms with E-state index in [-0.39, 0.29) is 11.6 Å². The highest BCUT2D eigenvalue weighted by Crippen LogP contribution is 2.34. The maximum atomic E-state index is 13.5. The van der Waals surface area contributed by atoms with Crippen LogP contribution in [0.15, 0.2) is 66.7 Å². The summed E-state index contributed by atoms with van der Waals surface area (Å²) in [6.45, 7) is 5.53. The molecule has 1 fully saturated rings. The van der Waals surface area contributed by atoms with Crippen LogP contribution in [0.25, 0.3) is 10.2 Å². The third-order valence-corrected chi connectivity index (χ3v) is 11.5. The summed E-state index contributed by atoms with van der Waals surface area (Å²) in [7, 11) is 2.18. The fraction of sp³-hybridized carbons (Fsp3) is 0.351. The number of aromatic carboxylic acids is 1. The monoisotopic (exact) mass is 680 g/mol. The molecule has 0 atom stereocenters. The lowest BCUT2D eigenvalue weighted by Gasteiger charge is -2.34. The molecule has 2 aliphatic heterocycles. The molecular weight excluding hydrogens is 641 g/mol. The predicted molar refractivity (Wildman–Crippen MR) is 195 cm³/mol. The Kier molecular flexibility index (Phi) is 9.69. The van der Waals surface area contributed by atoms with E-state index in [9.17, 15) is 14.7 Å². The van der Waals surface area contributed by atoms with Crippen molar-refractivity contribution in [3.63, 3.8) is 0 Å². The number of aromatic nitrogens is 2. The van der Waals surface area contributed by atoms with Crippen LogP contribution in [0.5, 0.6) is 0 Å². The van der Waals surface area contributed by atoms with Crippen molar-refractivity contribution >= 4 is 60.7 Å². The summed E-state index contributed by atoms with van der Waals surface area (Å²) < 4.78 is 1.02. The highest BCUT2D eigenvalue weighted by molar-refractivity contribution is 7.22. The predicted octanol–water partition coefficient (Wildman–Crippen LogP) is 6.97. The third-order valence-electron chi connectivity index (χ3n) is 9.34. The summed E-state index contributed by atoms with van der Waals surface area (Å²) >= 11 is 2.93. The number of carboxylic acids is 1. The second-order valence-electron chi connectivity index (χ2n) is 12.6. The molecule has 0 saturated carbocycles. The molecule has 2 aliphatic rings. The van der Waals surface area contributed by atoms with E-state index in [1.165, 1.54) is 33.9 Å². The number of piperazine rings is 1. The van der Waals surface area contributed by atoms with E-state index in [1.54, 1.807) is 0 Å². The first-order valence-corrected chi connectivity index (χ1v) is 18.3. The Morgan fingerprint density at radius 2 is 1.67 bits per heavy atom. The number of amides is 1. The lowest BCUT2D eigenvalue weighted by Crippen LogP contribution is -2.44. The number of anilines is 3. The van der Waals surface area contributed by atoms with Crippen molar-refractivity contribution in [2.45, 2.75) is 45.1 Å². The van der Waals surface area contributed by atoms with Gasteiger partial charge in [0.05, 0.1) is 10.2 Å². The van der Waals surface area contributed by atoms with Crippen LogP contribution in [0.4, 0.5) is 16.0 Å². The van der Waals surface area contributed by atoms with Crippen molar-refractivity contribution in [2.24, 2.45) is 0 Å². The van der Waals surface area contributed by atoms with Gasteiger partial charge in [0.15, 0.2) is 16.0 Å². The number of nitrogens with zero attached hydrogens (tertiary/aromatic N) is 5. The number of rotatable bonds is 11. The molecule has 0 spiro atoms. The second-order valence-corrected chi connectivity index (χ2v) is 14.7. The van der Waals surface area contributed by atoms with Crippen LogP contribution in [0.1, 0.15) is 61.7 Å². The van der Waals surface area contributed by atoms with Gasteiger partial charge in [-0.15, -0.1) is 11.3 Å². The van der Waals surface area contributed by atoms with Crippen LogP contribution in [-0.4, -0.2) is 71.6 Å². The van der Waals surface area contributed by atoms with Crippen molar-refractivity contribution < 1.29 is 14.7 Å². The molecule has 4 heterocycles. The molecule has 0 aliphatic carbocycles. The van der Waals surface area contributed by atoms with Gasteiger partial charge >= 0.3 is 5.97 Å². The molecule has 2 aromatic heterocycles. The summed E-state index contributed by atoms with van der Waals surface area (Å²) in [5, 5.41) is 14.3. The van der Waals surface area contributed by atoms with Gasteiger partial charge in [-0.05, 0) is 86.2 Å². The molecule has 3 aromatic carbocycles. The number of nitrogens with one attached hydrogen (secondary N) is 1. The number of hydrogen-bond donors (Lipinski definition) is 2. The summed E-state index contributed by atoms with van der Waals surface area (Å²) in [4.78, 5) is 42.6. The number of fused-ring (bicyclic) bond motifs is 2. The Morgan fingerprint density at radius 1 is 0.854 bits per heavy atom. The number of carbonyl (C=O) groups is 2. The number of carboxylic acid groups (broad SMARTS) is 1. The Balaban J connectivity index is 0.970. The van der Waals surface area contributed by atoms with E-state index in [0.29, 0.717) is 28.8 Å². The molecule has 2 N–H and O–H groups in total. The molecule has 0 radical (unpaired) electrons. The van der Waals surface area contributed by atoms with E-state index in [2.05, 4.69) is 67.4 Å². The average molecular weight is 681 g/mol. The zero-order valence-corrected chi connectivity index (χ0v) is 28.8. The van der Waals surface area contributed by atoms with Crippen molar-refractivity contribution in [3.05, 3.63) is 99.6 Å². The fourth-order valence-electron chi connectivity index (χ4n) is 6.62. The molecule has 248 valence electrons. The van der Waals surface area contributed by atoms with Gasteiger partial charge in [-0.2, -0.15) is 0 Å². The minimum atomic E-state index is -0.985. The topological polar surface area (TPSA) is 102 Å². The molecular formula is C37H40N6O3S2. The molecule has 11 heteroatoms. The molecule has 9 nitrogen and oxygen atoms in total. The van der Waals surface area contributed by atoms with E-state index in [1.807, 2.05) is 36.4 Å². The van der Waals surface area contributed by atoms with Gasteiger partial charge < -0.3 is 19.8 Å². The highest BCUT2D eigenvalue weighted by atomic mass is 32.1. The van der Waals surface area contributed by atoms with Crippen molar-refractivity contribution in [2.75, 3.05) is 54.9 Å². The zero-order chi connectivity index (χ0) is 33.0. The molecule has 1 amide bonds. The first-order chi connectivity index (χ1) is 23.4. The SMILES string of the molecule is CN1CCN(c2cccc(CCCCCc3sc(N4CCc5cccc(C(=O)Nc6nc7ccccc7s6)c5C4)nc3C(=O)O)c2)CC1. The lowest BCUT2D eigenvalue weighted by molar-refractivity contribution is 0.0690. The molecule has 48 heavy (non-hydrogen) atoms. The number of carbonyl (C=O) groups excluding carboxylic acids is 1. The van der Waals surface area contributed by atoms with E-state index in [4.69, 9.17) is 0 Å². The number of unbranched alkanes of at least 4 members (excludes halogenated alkanes) is 2. The number of aryl methyl sites for hydroxylation is 2. The smallest absolute Gasteiger partial charge is 0.355 e. The van der Waals surface area contributed by atoms with Crippen LogP contribution in [0.2, 0.25) is 0 Å². The number of para-hydroxylation sites is 1.